The summed E-state index contributed by atoms with van der Waals surface area (Å²) in [6.07, 6.45) is -0.747. The molecule has 0 fully saturated rings. The Morgan fingerprint density at radius 1 is 0.929 bits per heavy atom. The molecular formula is C22H17ClFNO3. The molecule has 1 N–H and O–H groups in total. The Hall–Kier alpha value is -3.18. The van der Waals surface area contributed by atoms with Crippen molar-refractivity contribution in [2.75, 3.05) is 5.32 Å². The van der Waals surface area contributed by atoms with E-state index in [1.165, 1.54) is 24.3 Å². The number of carbonyl (C=O) groups is 2. The lowest BCUT2D eigenvalue weighted by molar-refractivity contribution is 0.103. The van der Waals surface area contributed by atoms with Crippen LogP contribution in [0.15, 0.2) is 60.7 Å². The van der Waals surface area contributed by atoms with Crippen molar-refractivity contribution in [1.82, 2.24) is 0 Å². The summed E-state index contributed by atoms with van der Waals surface area (Å²) < 4.78 is 18.3. The minimum atomic E-state index is -0.747. The van der Waals surface area contributed by atoms with Crippen molar-refractivity contribution < 1.29 is 18.7 Å². The molecule has 0 spiro atoms. The molecule has 28 heavy (non-hydrogen) atoms. The van der Waals surface area contributed by atoms with E-state index in [9.17, 15) is 14.0 Å². The maximum absolute atomic E-state index is 13.1. The van der Waals surface area contributed by atoms with E-state index >= 15 is 0 Å². The average Bonchev–Trinajstić information content (AvgIpc) is 2.64. The molecule has 3 aromatic rings. The summed E-state index contributed by atoms with van der Waals surface area (Å²) in [5.74, 6) is -0.360. The normalized spacial score (nSPS) is 10.4. The highest BCUT2D eigenvalue weighted by Gasteiger charge is 2.16. The number of hydrogen-bond donors (Lipinski definition) is 1. The molecule has 0 heterocycles. The van der Waals surface area contributed by atoms with Crippen LogP contribution in [0.2, 0.25) is 5.02 Å². The van der Waals surface area contributed by atoms with Crippen LogP contribution in [0.25, 0.3) is 0 Å². The summed E-state index contributed by atoms with van der Waals surface area (Å²) >= 11 is 6.26. The SMILES string of the molecule is Cc1cc(F)ccc1OC(=O)Nc1ccc(C(=O)c2ccccc2C)c(Cl)c1. The van der Waals surface area contributed by atoms with Crippen LogP contribution in [-0.4, -0.2) is 11.9 Å². The Balaban J connectivity index is 1.74. The van der Waals surface area contributed by atoms with Gasteiger partial charge in [-0.05, 0) is 61.4 Å². The van der Waals surface area contributed by atoms with E-state index in [-0.39, 0.29) is 16.6 Å². The van der Waals surface area contributed by atoms with Crippen molar-refractivity contribution in [3.8, 4) is 5.75 Å². The smallest absolute Gasteiger partial charge is 0.410 e. The number of hydrogen-bond acceptors (Lipinski definition) is 3. The van der Waals surface area contributed by atoms with E-state index in [1.807, 2.05) is 19.1 Å². The molecule has 0 radical (unpaired) electrons. The van der Waals surface area contributed by atoms with Gasteiger partial charge in [0.15, 0.2) is 5.78 Å². The molecule has 6 heteroatoms. The fourth-order valence-corrected chi connectivity index (χ4v) is 2.99. The highest BCUT2D eigenvalue weighted by Crippen LogP contribution is 2.25. The van der Waals surface area contributed by atoms with Gasteiger partial charge in [-0.2, -0.15) is 0 Å². The van der Waals surface area contributed by atoms with Crippen molar-refractivity contribution in [3.63, 3.8) is 0 Å². The fourth-order valence-electron chi connectivity index (χ4n) is 2.72. The molecule has 0 aliphatic heterocycles. The maximum atomic E-state index is 13.1. The van der Waals surface area contributed by atoms with Crippen molar-refractivity contribution in [2.45, 2.75) is 13.8 Å². The zero-order valence-electron chi connectivity index (χ0n) is 15.3. The van der Waals surface area contributed by atoms with Gasteiger partial charge in [-0.3, -0.25) is 10.1 Å². The molecule has 3 rings (SSSR count). The van der Waals surface area contributed by atoms with Gasteiger partial charge in [0.2, 0.25) is 0 Å². The molecule has 0 aromatic heterocycles. The molecule has 0 aliphatic carbocycles. The van der Waals surface area contributed by atoms with Crippen LogP contribution in [0.3, 0.4) is 0 Å². The van der Waals surface area contributed by atoms with Crippen LogP contribution in [0.4, 0.5) is 14.9 Å². The number of ether oxygens (including phenoxy) is 1. The Labute approximate surface area is 166 Å². The number of ketones is 1. The predicted molar refractivity (Wildman–Crippen MR) is 107 cm³/mol. The first-order valence-corrected chi connectivity index (χ1v) is 8.88. The molecule has 0 aliphatic rings. The van der Waals surface area contributed by atoms with Gasteiger partial charge in [0.05, 0.1) is 5.02 Å². The molecule has 142 valence electrons. The zero-order chi connectivity index (χ0) is 20.3. The fraction of sp³-hybridized carbons (Fsp3) is 0.0909. The van der Waals surface area contributed by atoms with Gasteiger partial charge in [-0.25, -0.2) is 9.18 Å². The Kier molecular flexibility index (Phi) is 5.76. The second-order valence-electron chi connectivity index (χ2n) is 6.26. The predicted octanol–water partition coefficient (Wildman–Crippen LogP) is 5.94. The monoisotopic (exact) mass is 397 g/mol. The van der Waals surface area contributed by atoms with E-state index in [0.29, 0.717) is 22.4 Å². The molecule has 0 saturated carbocycles. The molecule has 4 nitrogen and oxygen atoms in total. The minimum Gasteiger partial charge on any atom is -0.410 e. The summed E-state index contributed by atoms with van der Waals surface area (Å²) in [7, 11) is 0. The molecular weight excluding hydrogens is 381 g/mol. The quantitative estimate of drug-likeness (QED) is 0.554. The Morgan fingerprint density at radius 2 is 1.68 bits per heavy atom. The van der Waals surface area contributed by atoms with Crippen LogP contribution in [-0.2, 0) is 0 Å². The summed E-state index contributed by atoms with van der Waals surface area (Å²) in [4.78, 5) is 24.8. The molecule has 0 atom stereocenters. The van der Waals surface area contributed by atoms with Gasteiger partial charge < -0.3 is 4.74 Å². The largest absolute Gasteiger partial charge is 0.417 e. The first-order valence-electron chi connectivity index (χ1n) is 8.50. The molecule has 3 aromatic carbocycles. The second-order valence-corrected chi connectivity index (χ2v) is 6.67. The lowest BCUT2D eigenvalue weighted by Gasteiger charge is -2.11. The summed E-state index contributed by atoms with van der Waals surface area (Å²) in [5.41, 5.74) is 2.62. The molecule has 0 bridgehead atoms. The van der Waals surface area contributed by atoms with E-state index in [4.69, 9.17) is 16.3 Å². The van der Waals surface area contributed by atoms with Crippen LogP contribution in [0.5, 0.6) is 5.75 Å². The van der Waals surface area contributed by atoms with Crippen LogP contribution < -0.4 is 10.1 Å². The standard InChI is InChI=1S/C22H17ClFNO3/c1-13-5-3-4-6-17(13)21(26)18-9-8-16(12-19(18)23)25-22(27)28-20-10-7-15(24)11-14(20)2/h3-12H,1-2H3,(H,25,27). The number of carbonyl (C=O) groups excluding carboxylic acids is 2. The third-order valence-corrected chi connectivity index (χ3v) is 4.50. The van der Waals surface area contributed by atoms with Gasteiger partial charge in [0, 0.05) is 16.8 Å². The highest BCUT2D eigenvalue weighted by molar-refractivity contribution is 6.35. The van der Waals surface area contributed by atoms with Crippen molar-refractivity contribution in [1.29, 1.82) is 0 Å². The highest BCUT2D eigenvalue weighted by atomic mass is 35.5. The third kappa shape index (κ3) is 4.38. The van der Waals surface area contributed by atoms with E-state index in [0.717, 1.165) is 5.56 Å². The first kappa shape index (κ1) is 19.6. The number of amides is 1. The van der Waals surface area contributed by atoms with Crippen LogP contribution in [0.1, 0.15) is 27.0 Å². The van der Waals surface area contributed by atoms with Crippen molar-refractivity contribution in [3.05, 3.63) is 93.8 Å². The lowest BCUT2D eigenvalue weighted by Crippen LogP contribution is -2.17. The minimum absolute atomic E-state index is 0.195. The van der Waals surface area contributed by atoms with Gasteiger partial charge in [0.1, 0.15) is 11.6 Å². The van der Waals surface area contributed by atoms with Gasteiger partial charge in [0.25, 0.3) is 0 Å². The Morgan fingerprint density at radius 3 is 2.36 bits per heavy atom. The van der Waals surface area contributed by atoms with Gasteiger partial charge in [-0.15, -0.1) is 0 Å². The number of halogens is 2. The number of aryl methyl sites for hydroxylation is 2. The summed E-state index contributed by atoms with van der Waals surface area (Å²) in [6, 6.07) is 15.7. The first-order chi connectivity index (χ1) is 13.3. The van der Waals surface area contributed by atoms with E-state index in [1.54, 1.807) is 31.2 Å². The van der Waals surface area contributed by atoms with Gasteiger partial charge >= 0.3 is 6.09 Å². The zero-order valence-corrected chi connectivity index (χ0v) is 16.0. The van der Waals surface area contributed by atoms with Crippen molar-refractivity contribution >= 4 is 29.2 Å². The molecule has 1 amide bonds. The Bertz CT molecular complexity index is 1070. The number of anilines is 1. The topological polar surface area (TPSA) is 55.4 Å². The van der Waals surface area contributed by atoms with Crippen LogP contribution in [0, 0.1) is 19.7 Å². The summed E-state index contributed by atoms with van der Waals surface area (Å²) in [5, 5.41) is 2.75. The molecule has 0 unspecified atom stereocenters. The van der Waals surface area contributed by atoms with Crippen LogP contribution >= 0.6 is 11.6 Å². The average molecular weight is 398 g/mol. The summed E-state index contributed by atoms with van der Waals surface area (Å²) in [6.45, 7) is 3.49. The van der Waals surface area contributed by atoms with E-state index < -0.39 is 11.9 Å². The number of nitrogens with one attached hydrogen (secondary N) is 1. The number of rotatable bonds is 4. The number of benzene rings is 3. The third-order valence-electron chi connectivity index (χ3n) is 4.19. The van der Waals surface area contributed by atoms with Crippen molar-refractivity contribution in [2.24, 2.45) is 0 Å². The molecule has 0 saturated heterocycles. The van der Waals surface area contributed by atoms with E-state index in [2.05, 4.69) is 5.32 Å². The maximum Gasteiger partial charge on any atom is 0.417 e. The second kappa shape index (κ2) is 8.23. The van der Waals surface area contributed by atoms with Gasteiger partial charge in [-0.1, -0.05) is 35.9 Å². The lowest BCUT2D eigenvalue weighted by atomic mass is 9.99.